The van der Waals surface area contributed by atoms with Gasteiger partial charge in [-0.15, -0.1) is 0 Å². The second-order valence-corrected chi connectivity index (χ2v) is 9.11. The minimum Gasteiger partial charge on any atom is -0.497 e. The molecule has 1 saturated heterocycles. The van der Waals surface area contributed by atoms with Gasteiger partial charge in [0.05, 0.1) is 12.0 Å². The normalized spacial score (nSPS) is 15.7. The van der Waals surface area contributed by atoms with Crippen molar-refractivity contribution in [3.8, 4) is 5.75 Å². The second-order valence-electron chi connectivity index (χ2n) is 7.18. The summed E-state index contributed by atoms with van der Waals surface area (Å²) in [6.07, 6.45) is 0. The number of ether oxygens (including phenoxy) is 1. The zero-order chi connectivity index (χ0) is 21.2. The Kier molecular flexibility index (Phi) is 6.25. The molecule has 0 radical (unpaired) electrons. The van der Waals surface area contributed by atoms with E-state index in [9.17, 15) is 13.2 Å². The molecule has 1 aliphatic rings. The maximum atomic E-state index is 12.9. The molecule has 1 amide bonds. The molecular formula is C19H26N4O5S. The third-order valence-corrected chi connectivity index (χ3v) is 6.80. The van der Waals surface area contributed by atoms with Gasteiger partial charge in [-0.1, -0.05) is 5.16 Å². The highest BCUT2D eigenvalue weighted by atomic mass is 32.2. The van der Waals surface area contributed by atoms with Crippen molar-refractivity contribution in [1.82, 2.24) is 19.3 Å². The van der Waals surface area contributed by atoms with Gasteiger partial charge in [0.25, 0.3) is 5.91 Å². The van der Waals surface area contributed by atoms with Crippen molar-refractivity contribution in [3.63, 3.8) is 0 Å². The van der Waals surface area contributed by atoms with E-state index >= 15 is 0 Å². The number of aryl methyl sites for hydroxylation is 1. The average Bonchev–Trinajstić information content (AvgIpc) is 3.07. The summed E-state index contributed by atoms with van der Waals surface area (Å²) in [6, 6.07) is 6.28. The average molecular weight is 423 g/mol. The number of sulfonamides is 1. The fourth-order valence-electron chi connectivity index (χ4n) is 3.24. The van der Waals surface area contributed by atoms with Crippen LogP contribution >= 0.6 is 0 Å². The highest BCUT2D eigenvalue weighted by molar-refractivity contribution is 7.89. The number of aromatic nitrogens is 1. The topological polar surface area (TPSA) is 96.2 Å². The fourth-order valence-corrected chi connectivity index (χ4v) is 4.66. The molecule has 0 spiro atoms. The highest BCUT2D eigenvalue weighted by Gasteiger charge is 2.32. The molecule has 1 fully saturated rings. The quantitative estimate of drug-likeness (QED) is 0.690. The molecule has 29 heavy (non-hydrogen) atoms. The monoisotopic (exact) mass is 422 g/mol. The Labute approximate surface area is 170 Å². The van der Waals surface area contributed by atoms with Crippen molar-refractivity contribution in [2.75, 3.05) is 47.4 Å². The molecule has 2 aromatic rings. The van der Waals surface area contributed by atoms with E-state index in [0.29, 0.717) is 36.8 Å². The van der Waals surface area contributed by atoms with Crippen LogP contribution in [0, 0.1) is 6.92 Å². The Morgan fingerprint density at radius 2 is 1.79 bits per heavy atom. The molecule has 0 N–H and O–H groups in total. The molecule has 3 rings (SSSR count). The Morgan fingerprint density at radius 3 is 2.34 bits per heavy atom. The molecule has 0 saturated carbocycles. The van der Waals surface area contributed by atoms with Crippen molar-refractivity contribution < 1.29 is 22.5 Å². The number of piperazine rings is 1. The Hall–Kier alpha value is -2.43. The number of carbonyl (C=O) groups is 1. The summed E-state index contributed by atoms with van der Waals surface area (Å²) < 4.78 is 37.4. The zero-order valence-corrected chi connectivity index (χ0v) is 17.9. The number of rotatable bonds is 6. The van der Waals surface area contributed by atoms with Crippen LogP contribution in [0.15, 0.2) is 33.7 Å². The number of carbonyl (C=O) groups excluding carboxylic acids is 1. The fraction of sp³-hybridized carbons (Fsp3) is 0.474. The lowest BCUT2D eigenvalue weighted by Gasteiger charge is -2.33. The van der Waals surface area contributed by atoms with Gasteiger partial charge < -0.3 is 19.1 Å². The van der Waals surface area contributed by atoms with E-state index in [-0.39, 0.29) is 23.9 Å². The van der Waals surface area contributed by atoms with Gasteiger partial charge in [-0.2, -0.15) is 4.31 Å². The van der Waals surface area contributed by atoms with Crippen LogP contribution in [0.5, 0.6) is 5.75 Å². The maximum absolute atomic E-state index is 12.9. The van der Waals surface area contributed by atoms with Crippen molar-refractivity contribution in [3.05, 3.63) is 41.3 Å². The third kappa shape index (κ3) is 4.44. The number of amides is 1. The first-order chi connectivity index (χ1) is 13.7. The number of hydrogen-bond donors (Lipinski definition) is 0. The molecule has 1 aromatic carbocycles. The van der Waals surface area contributed by atoms with Crippen LogP contribution in [0.25, 0.3) is 0 Å². The van der Waals surface area contributed by atoms with Crippen molar-refractivity contribution in [1.29, 1.82) is 0 Å². The predicted octanol–water partition coefficient (Wildman–Crippen LogP) is 1.20. The third-order valence-electron chi connectivity index (χ3n) is 4.88. The summed E-state index contributed by atoms with van der Waals surface area (Å²) in [5, 5.41) is 3.94. The summed E-state index contributed by atoms with van der Waals surface area (Å²) in [4.78, 5) is 16.7. The van der Waals surface area contributed by atoms with Gasteiger partial charge in [0.1, 0.15) is 11.5 Å². The van der Waals surface area contributed by atoms with Gasteiger partial charge in [-0.25, -0.2) is 8.42 Å². The SMILES string of the molecule is COc1ccc(S(=O)(=O)N2CCN(C(=O)c3noc(C)c3CN(C)C)CC2)cc1. The van der Waals surface area contributed by atoms with E-state index in [4.69, 9.17) is 9.26 Å². The van der Waals surface area contributed by atoms with Crippen LogP contribution in [-0.2, 0) is 16.6 Å². The van der Waals surface area contributed by atoms with Gasteiger partial charge in [-0.3, -0.25) is 4.79 Å². The second kappa shape index (κ2) is 8.52. The first kappa shape index (κ1) is 21.3. The molecule has 158 valence electrons. The standard InChI is InChI=1S/C19H26N4O5S/c1-14-17(13-21(2)3)18(20-28-14)19(24)22-9-11-23(12-10-22)29(25,26)16-7-5-15(27-4)6-8-16/h5-8H,9-13H2,1-4H3. The molecular weight excluding hydrogens is 396 g/mol. The van der Waals surface area contributed by atoms with Gasteiger partial charge in [0, 0.05) is 38.3 Å². The number of benzene rings is 1. The lowest BCUT2D eigenvalue weighted by atomic mass is 10.1. The first-order valence-corrected chi connectivity index (χ1v) is 10.7. The highest BCUT2D eigenvalue weighted by Crippen LogP contribution is 2.22. The summed E-state index contributed by atoms with van der Waals surface area (Å²) in [6.45, 7) is 3.35. The van der Waals surface area contributed by atoms with E-state index in [1.54, 1.807) is 24.0 Å². The maximum Gasteiger partial charge on any atom is 0.276 e. The molecule has 0 aliphatic carbocycles. The van der Waals surface area contributed by atoms with E-state index < -0.39 is 10.0 Å². The number of hydrogen-bond acceptors (Lipinski definition) is 7. The molecule has 10 heteroatoms. The number of nitrogens with zero attached hydrogens (tertiary/aromatic N) is 4. The minimum atomic E-state index is -3.62. The first-order valence-electron chi connectivity index (χ1n) is 9.27. The smallest absolute Gasteiger partial charge is 0.276 e. The molecule has 1 aromatic heterocycles. The van der Waals surface area contributed by atoms with Crippen LogP contribution in [0.3, 0.4) is 0 Å². The predicted molar refractivity (Wildman–Crippen MR) is 106 cm³/mol. The molecule has 9 nitrogen and oxygen atoms in total. The van der Waals surface area contributed by atoms with Crippen LogP contribution in [0.2, 0.25) is 0 Å². The largest absolute Gasteiger partial charge is 0.497 e. The summed E-state index contributed by atoms with van der Waals surface area (Å²) in [7, 11) is 1.72. The minimum absolute atomic E-state index is 0.207. The Morgan fingerprint density at radius 1 is 1.17 bits per heavy atom. The summed E-state index contributed by atoms with van der Waals surface area (Å²) >= 11 is 0. The van der Waals surface area contributed by atoms with Crippen molar-refractivity contribution in [2.24, 2.45) is 0 Å². The number of methoxy groups -OCH3 is 1. The van der Waals surface area contributed by atoms with E-state index in [2.05, 4.69) is 5.16 Å². The van der Waals surface area contributed by atoms with Crippen molar-refractivity contribution >= 4 is 15.9 Å². The zero-order valence-electron chi connectivity index (χ0n) is 17.1. The summed E-state index contributed by atoms with van der Waals surface area (Å²) in [5.41, 5.74) is 1.05. The van der Waals surface area contributed by atoms with Crippen LogP contribution in [0.4, 0.5) is 0 Å². The van der Waals surface area contributed by atoms with Gasteiger partial charge in [0.2, 0.25) is 10.0 Å². The van der Waals surface area contributed by atoms with E-state index in [0.717, 1.165) is 5.56 Å². The Balaban J connectivity index is 1.69. The van der Waals surface area contributed by atoms with E-state index in [1.807, 2.05) is 19.0 Å². The van der Waals surface area contributed by atoms with E-state index in [1.165, 1.54) is 23.5 Å². The van der Waals surface area contributed by atoms with Gasteiger partial charge >= 0.3 is 0 Å². The lowest BCUT2D eigenvalue weighted by Crippen LogP contribution is -2.50. The van der Waals surface area contributed by atoms with Crippen LogP contribution in [0.1, 0.15) is 21.8 Å². The van der Waals surface area contributed by atoms with Gasteiger partial charge in [-0.05, 0) is 45.3 Å². The molecule has 0 unspecified atom stereocenters. The lowest BCUT2D eigenvalue weighted by molar-refractivity contribution is 0.0686. The van der Waals surface area contributed by atoms with Crippen molar-refractivity contribution in [2.45, 2.75) is 18.4 Å². The Bertz CT molecular complexity index is 961. The van der Waals surface area contributed by atoms with Crippen LogP contribution in [-0.4, -0.2) is 81.0 Å². The van der Waals surface area contributed by atoms with Gasteiger partial charge in [0.15, 0.2) is 5.69 Å². The molecule has 0 atom stereocenters. The van der Waals surface area contributed by atoms with Crippen LogP contribution < -0.4 is 4.74 Å². The summed E-state index contributed by atoms with van der Waals surface area (Å²) in [5.74, 6) is 0.971. The molecule has 1 aliphatic heterocycles. The molecule has 0 bridgehead atoms. The molecule has 2 heterocycles.